The first-order chi connectivity index (χ1) is 10.8. The summed E-state index contributed by atoms with van der Waals surface area (Å²) in [5.74, 6) is 0.978. The zero-order valence-corrected chi connectivity index (χ0v) is 12.2. The average molecular weight is 296 g/mol. The summed E-state index contributed by atoms with van der Waals surface area (Å²) < 4.78 is 13.7. The lowest BCUT2D eigenvalue weighted by Crippen LogP contribution is -2.44. The van der Waals surface area contributed by atoms with Crippen molar-refractivity contribution in [1.82, 2.24) is 15.0 Å². The maximum atomic E-state index is 13.7. The maximum absolute atomic E-state index is 13.7. The van der Waals surface area contributed by atoms with Gasteiger partial charge in [0.15, 0.2) is 0 Å². The fraction of sp³-hybridized carbons (Fsp3) is 0.412. The van der Waals surface area contributed by atoms with E-state index in [1.54, 1.807) is 6.20 Å². The molecule has 0 amide bonds. The Hall–Kier alpha value is -2.17. The maximum Gasteiger partial charge on any atom is 0.140 e. The van der Waals surface area contributed by atoms with Crippen LogP contribution in [0.3, 0.4) is 0 Å². The first kappa shape index (κ1) is 12.4. The highest BCUT2D eigenvalue weighted by atomic mass is 19.1. The van der Waals surface area contributed by atoms with Crippen LogP contribution in [0.15, 0.2) is 30.6 Å². The van der Waals surface area contributed by atoms with Crippen molar-refractivity contribution in [2.75, 3.05) is 4.90 Å². The van der Waals surface area contributed by atoms with E-state index in [2.05, 4.69) is 27.0 Å². The number of aromatic nitrogens is 3. The zero-order chi connectivity index (χ0) is 14.7. The molecule has 3 aromatic rings. The number of H-pyrrole nitrogens is 1. The van der Waals surface area contributed by atoms with Crippen LogP contribution in [0, 0.1) is 0 Å². The third-order valence-corrected chi connectivity index (χ3v) is 5.18. The molecular formula is C17H17FN4. The number of rotatable bonds is 1. The molecule has 0 radical (unpaired) electrons. The molecule has 22 heavy (non-hydrogen) atoms. The van der Waals surface area contributed by atoms with Gasteiger partial charge < -0.3 is 9.88 Å². The van der Waals surface area contributed by atoms with Crippen molar-refractivity contribution in [3.05, 3.63) is 30.6 Å². The lowest BCUT2D eigenvalue weighted by atomic mass is 10.0. The van der Waals surface area contributed by atoms with Crippen LogP contribution in [0.1, 0.15) is 25.7 Å². The van der Waals surface area contributed by atoms with E-state index < -0.39 is 6.17 Å². The highest BCUT2D eigenvalue weighted by Crippen LogP contribution is 2.40. The Bertz CT molecular complexity index is 844. The number of anilines is 1. The molecule has 0 saturated carbocycles. The lowest BCUT2D eigenvalue weighted by molar-refractivity contribution is 0.242. The number of nitrogens with one attached hydrogen (secondary N) is 1. The first-order valence-electron chi connectivity index (χ1n) is 7.94. The van der Waals surface area contributed by atoms with Gasteiger partial charge in [0.2, 0.25) is 0 Å². The van der Waals surface area contributed by atoms with E-state index in [0.29, 0.717) is 24.9 Å². The Morgan fingerprint density at radius 1 is 1.09 bits per heavy atom. The van der Waals surface area contributed by atoms with Crippen LogP contribution in [0.5, 0.6) is 0 Å². The number of pyridine rings is 2. The predicted molar refractivity (Wildman–Crippen MR) is 84.8 cm³/mol. The molecule has 2 atom stereocenters. The summed E-state index contributed by atoms with van der Waals surface area (Å²) in [7, 11) is 0. The Kier molecular flexibility index (Phi) is 2.48. The molecule has 2 saturated heterocycles. The van der Waals surface area contributed by atoms with Gasteiger partial charge in [0.25, 0.3) is 0 Å². The van der Waals surface area contributed by atoms with Crippen LogP contribution in [0.25, 0.3) is 21.9 Å². The molecule has 2 bridgehead atoms. The SMILES string of the molecule is FC1CC2CCC(C1)N2c1ccc2c(n1)[nH]c1ccncc12. The summed E-state index contributed by atoms with van der Waals surface area (Å²) in [6, 6.07) is 6.77. The van der Waals surface area contributed by atoms with Gasteiger partial charge in [0.05, 0.1) is 5.52 Å². The van der Waals surface area contributed by atoms with Gasteiger partial charge in [0, 0.05) is 35.2 Å². The minimum Gasteiger partial charge on any atom is -0.350 e. The van der Waals surface area contributed by atoms with E-state index in [9.17, 15) is 4.39 Å². The molecule has 2 aliphatic rings. The van der Waals surface area contributed by atoms with Crippen LogP contribution in [0.4, 0.5) is 10.2 Å². The molecule has 5 rings (SSSR count). The molecule has 2 aliphatic heterocycles. The molecule has 1 N–H and O–H groups in total. The molecule has 2 unspecified atom stereocenters. The summed E-state index contributed by atoms with van der Waals surface area (Å²) in [4.78, 5) is 14.7. The number of piperidine rings is 1. The second kappa shape index (κ2) is 4.41. The number of hydrogen-bond donors (Lipinski definition) is 1. The smallest absolute Gasteiger partial charge is 0.140 e. The Morgan fingerprint density at radius 3 is 2.73 bits per heavy atom. The molecule has 0 aromatic carbocycles. The summed E-state index contributed by atoms with van der Waals surface area (Å²) in [5.41, 5.74) is 1.95. The van der Waals surface area contributed by atoms with Gasteiger partial charge >= 0.3 is 0 Å². The molecular weight excluding hydrogens is 279 g/mol. The summed E-state index contributed by atoms with van der Waals surface area (Å²) >= 11 is 0. The van der Waals surface area contributed by atoms with Gasteiger partial charge in [-0.25, -0.2) is 9.37 Å². The van der Waals surface area contributed by atoms with E-state index in [-0.39, 0.29) is 0 Å². The van der Waals surface area contributed by atoms with Crippen molar-refractivity contribution in [3.8, 4) is 0 Å². The molecule has 112 valence electrons. The zero-order valence-electron chi connectivity index (χ0n) is 12.2. The van der Waals surface area contributed by atoms with Gasteiger partial charge in [-0.1, -0.05) is 0 Å². The number of halogens is 1. The van der Waals surface area contributed by atoms with Crippen LogP contribution in [-0.2, 0) is 0 Å². The average Bonchev–Trinajstić information content (AvgIpc) is 3.02. The molecule has 2 fully saturated rings. The monoisotopic (exact) mass is 296 g/mol. The first-order valence-corrected chi connectivity index (χ1v) is 7.94. The van der Waals surface area contributed by atoms with Crippen molar-refractivity contribution in [1.29, 1.82) is 0 Å². The summed E-state index contributed by atoms with van der Waals surface area (Å²) in [6.45, 7) is 0. The van der Waals surface area contributed by atoms with Crippen molar-refractivity contribution in [2.45, 2.75) is 43.9 Å². The minimum atomic E-state index is -0.642. The molecule has 0 spiro atoms. The van der Waals surface area contributed by atoms with E-state index in [4.69, 9.17) is 4.98 Å². The van der Waals surface area contributed by atoms with Crippen LogP contribution >= 0.6 is 0 Å². The largest absolute Gasteiger partial charge is 0.350 e. The van der Waals surface area contributed by atoms with E-state index >= 15 is 0 Å². The number of hydrogen-bond acceptors (Lipinski definition) is 3. The highest BCUT2D eigenvalue weighted by molar-refractivity contribution is 6.05. The second-order valence-electron chi connectivity index (χ2n) is 6.47. The molecule has 4 nitrogen and oxygen atoms in total. The third kappa shape index (κ3) is 1.68. The Labute approximate surface area is 127 Å². The highest BCUT2D eigenvalue weighted by Gasteiger charge is 2.41. The van der Waals surface area contributed by atoms with Gasteiger partial charge in [-0.3, -0.25) is 4.98 Å². The third-order valence-electron chi connectivity index (χ3n) is 5.18. The summed E-state index contributed by atoms with van der Waals surface area (Å²) in [5, 5.41) is 2.20. The van der Waals surface area contributed by atoms with Crippen LogP contribution < -0.4 is 4.90 Å². The second-order valence-corrected chi connectivity index (χ2v) is 6.47. The van der Waals surface area contributed by atoms with Crippen molar-refractivity contribution in [2.24, 2.45) is 0 Å². The summed E-state index contributed by atoms with van der Waals surface area (Å²) in [6.07, 6.45) is 6.47. The van der Waals surface area contributed by atoms with Gasteiger partial charge in [-0.15, -0.1) is 0 Å². The predicted octanol–water partition coefficient (Wildman–Crippen LogP) is 3.58. The van der Waals surface area contributed by atoms with Crippen molar-refractivity contribution >= 4 is 27.8 Å². The van der Waals surface area contributed by atoms with Crippen LogP contribution in [0.2, 0.25) is 0 Å². The molecule has 0 aliphatic carbocycles. The Morgan fingerprint density at radius 2 is 1.91 bits per heavy atom. The standard InChI is InChI=1S/C17H17FN4/c18-10-7-11-1-2-12(8-10)22(11)16-4-3-13-14-9-19-6-5-15(14)20-17(13)21-16/h3-6,9-12H,1-2,7-8H2,(H,20,21). The lowest BCUT2D eigenvalue weighted by Gasteiger charge is -2.37. The number of fused-ring (bicyclic) bond motifs is 5. The number of nitrogens with zero attached hydrogens (tertiary/aromatic N) is 3. The van der Waals surface area contributed by atoms with Crippen LogP contribution in [-0.4, -0.2) is 33.2 Å². The topological polar surface area (TPSA) is 44.8 Å². The molecule has 5 heteroatoms. The normalized spacial score (nSPS) is 27.9. The van der Waals surface area contributed by atoms with Gasteiger partial charge in [-0.05, 0) is 43.9 Å². The molecule has 3 aromatic heterocycles. The minimum absolute atomic E-state index is 0.310. The van der Waals surface area contributed by atoms with E-state index in [0.717, 1.165) is 40.6 Å². The molecule has 5 heterocycles. The van der Waals surface area contributed by atoms with Crippen molar-refractivity contribution in [3.63, 3.8) is 0 Å². The number of alkyl halides is 1. The van der Waals surface area contributed by atoms with E-state index in [1.165, 1.54) is 0 Å². The fourth-order valence-electron chi connectivity index (χ4n) is 4.24. The van der Waals surface area contributed by atoms with E-state index in [1.807, 2.05) is 12.3 Å². The van der Waals surface area contributed by atoms with Gasteiger partial charge in [0.1, 0.15) is 17.6 Å². The Balaban J connectivity index is 1.62. The number of aromatic amines is 1. The van der Waals surface area contributed by atoms with Crippen molar-refractivity contribution < 1.29 is 4.39 Å². The van der Waals surface area contributed by atoms with Gasteiger partial charge in [-0.2, -0.15) is 0 Å². The quantitative estimate of drug-likeness (QED) is 0.746. The fourth-order valence-corrected chi connectivity index (χ4v) is 4.24.